The third-order valence-electron chi connectivity index (χ3n) is 5.22. The lowest BCUT2D eigenvalue weighted by molar-refractivity contribution is -0.144. The molecule has 0 aliphatic rings. The van der Waals surface area contributed by atoms with E-state index in [0.29, 0.717) is 18.7 Å². The number of carbonyl (C=O) groups excluding carboxylic acids is 1. The minimum atomic E-state index is -3.39. The first-order valence-corrected chi connectivity index (χ1v) is 13.8. The first-order valence-electron chi connectivity index (χ1n) is 11.1. The highest BCUT2D eigenvalue weighted by molar-refractivity contribution is 7.90. The number of thiol groups is 1. The molecule has 192 valence electrons. The van der Waals surface area contributed by atoms with Crippen molar-refractivity contribution in [1.29, 1.82) is 0 Å². The first-order chi connectivity index (χ1) is 16.0. The highest BCUT2D eigenvalue weighted by atomic mass is 32.2. The average Bonchev–Trinajstić information content (AvgIpc) is 2.79. The van der Waals surface area contributed by atoms with Gasteiger partial charge in [0.1, 0.15) is 22.0 Å². The van der Waals surface area contributed by atoms with Crippen molar-refractivity contribution in [1.82, 2.24) is 10.6 Å². The van der Waals surface area contributed by atoms with Crippen LogP contribution in [-0.2, 0) is 30.6 Å². The molecular formula is C23H37N3O6S2. The number of hydrogen-bond acceptors (Lipinski definition) is 8. The van der Waals surface area contributed by atoms with E-state index in [-0.39, 0.29) is 37.3 Å². The number of nitrogens with two attached hydrogens (primary N) is 1. The van der Waals surface area contributed by atoms with Gasteiger partial charge in [-0.25, -0.2) is 13.2 Å². The maximum atomic E-state index is 13.0. The Balaban J connectivity index is 2.98. The van der Waals surface area contributed by atoms with Gasteiger partial charge in [-0.1, -0.05) is 49.4 Å². The van der Waals surface area contributed by atoms with Crippen LogP contribution >= 0.6 is 12.6 Å². The van der Waals surface area contributed by atoms with E-state index < -0.39 is 33.9 Å². The molecule has 1 unspecified atom stereocenters. The molecule has 0 radical (unpaired) electrons. The summed E-state index contributed by atoms with van der Waals surface area (Å²) in [6, 6.07) is 7.42. The van der Waals surface area contributed by atoms with Crippen molar-refractivity contribution in [3.8, 4) is 0 Å². The Labute approximate surface area is 207 Å². The quantitative estimate of drug-likeness (QED) is 0.151. The Hall–Kier alpha value is -1.92. The predicted molar refractivity (Wildman–Crippen MR) is 137 cm³/mol. The summed E-state index contributed by atoms with van der Waals surface area (Å²) in [5, 5.41) is 15.2. The van der Waals surface area contributed by atoms with Gasteiger partial charge in [0, 0.05) is 31.0 Å². The van der Waals surface area contributed by atoms with Crippen LogP contribution < -0.4 is 16.4 Å². The molecule has 0 fully saturated rings. The number of rotatable bonds is 17. The Morgan fingerprint density at radius 1 is 1.24 bits per heavy atom. The van der Waals surface area contributed by atoms with Crippen LogP contribution in [0, 0.1) is 0 Å². The fourth-order valence-electron chi connectivity index (χ4n) is 3.05. The van der Waals surface area contributed by atoms with E-state index in [2.05, 4.69) is 29.8 Å². The summed E-state index contributed by atoms with van der Waals surface area (Å²) in [5.41, 5.74) is 7.65. The summed E-state index contributed by atoms with van der Waals surface area (Å²) in [6.07, 6.45) is 0.694. The van der Waals surface area contributed by atoms with E-state index >= 15 is 0 Å². The summed E-state index contributed by atoms with van der Waals surface area (Å²) in [6.45, 7) is 6.63. The average molecular weight is 516 g/mol. The Morgan fingerprint density at radius 3 is 2.41 bits per heavy atom. The van der Waals surface area contributed by atoms with Crippen molar-refractivity contribution in [2.45, 2.75) is 50.4 Å². The number of nitrogens with one attached hydrogen (secondary N) is 2. The van der Waals surface area contributed by atoms with Gasteiger partial charge in [0.15, 0.2) is 0 Å². The molecule has 5 N–H and O–H groups in total. The third kappa shape index (κ3) is 12.0. The zero-order chi connectivity index (χ0) is 25.7. The van der Waals surface area contributed by atoms with Gasteiger partial charge in [-0.2, -0.15) is 12.6 Å². The zero-order valence-electron chi connectivity index (χ0n) is 19.8. The third-order valence-corrected chi connectivity index (χ3v) is 6.67. The summed E-state index contributed by atoms with van der Waals surface area (Å²) >= 11 is 4.19. The largest absolute Gasteiger partial charge is 0.480 e. The van der Waals surface area contributed by atoms with Crippen molar-refractivity contribution >= 4 is 34.3 Å². The van der Waals surface area contributed by atoms with E-state index in [0.717, 1.165) is 17.4 Å². The number of carboxylic acid groups (broad SMARTS) is 1. The predicted octanol–water partition coefficient (Wildman–Crippen LogP) is 0.800. The lowest BCUT2D eigenvalue weighted by Gasteiger charge is -2.26. The molecule has 1 aromatic carbocycles. The van der Waals surface area contributed by atoms with Crippen molar-refractivity contribution in [2.24, 2.45) is 5.73 Å². The molecular weight excluding hydrogens is 478 g/mol. The summed E-state index contributed by atoms with van der Waals surface area (Å²) in [5.74, 6) is -1.79. The SMILES string of the molecule is C=C(CC)[C@@H](CO[C@@H](Cc1ccccc1)C(=O)N[C@@H](CCS(C)(=O)=O)C(=O)O)NCC(N)CS. The molecule has 0 bridgehead atoms. The van der Waals surface area contributed by atoms with E-state index in [1.165, 1.54) is 0 Å². The summed E-state index contributed by atoms with van der Waals surface area (Å²) in [4.78, 5) is 24.6. The maximum absolute atomic E-state index is 13.0. The molecule has 11 heteroatoms. The molecule has 1 aromatic rings. The van der Waals surface area contributed by atoms with Crippen LogP contribution in [0.3, 0.4) is 0 Å². The van der Waals surface area contributed by atoms with Crippen molar-refractivity contribution < 1.29 is 27.9 Å². The van der Waals surface area contributed by atoms with Crippen molar-refractivity contribution in [3.05, 3.63) is 48.0 Å². The lowest BCUT2D eigenvalue weighted by atomic mass is 10.1. The number of amides is 1. The number of carbonyl (C=O) groups is 2. The second-order valence-electron chi connectivity index (χ2n) is 8.24. The monoisotopic (exact) mass is 515 g/mol. The van der Waals surface area contributed by atoms with Crippen LogP contribution in [0.5, 0.6) is 0 Å². The number of ether oxygens (including phenoxy) is 1. The first kappa shape index (κ1) is 30.1. The van der Waals surface area contributed by atoms with Crippen LogP contribution in [0.2, 0.25) is 0 Å². The van der Waals surface area contributed by atoms with Crippen molar-refractivity contribution in [2.75, 3.05) is 30.9 Å². The fraction of sp³-hybridized carbons (Fsp3) is 0.565. The highest BCUT2D eigenvalue weighted by Crippen LogP contribution is 2.11. The molecule has 4 atom stereocenters. The van der Waals surface area contributed by atoms with E-state index in [1.807, 2.05) is 37.3 Å². The fourth-order valence-corrected chi connectivity index (χ4v) is 3.84. The molecule has 0 saturated heterocycles. The van der Waals surface area contributed by atoms with Crippen LogP contribution in [0.4, 0.5) is 0 Å². The highest BCUT2D eigenvalue weighted by Gasteiger charge is 2.28. The Bertz CT molecular complexity index is 895. The second-order valence-corrected chi connectivity index (χ2v) is 10.9. The number of hydrogen-bond donors (Lipinski definition) is 5. The van der Waals surface area contributed by atoms with E-state index in [9.17, 15) is 23.1 Å². The lowest BCUT2D eigenvalue weighted by Crippen LogP contribution is -2.49. The maximum Gasteiger partial charge on any atom is 0.326 e. The normalized spacial score (nSPS) is 15.2. The standard InChI is InChI=1S/C23H37N3O6S2/c1-4-16(2)20(25-13-18(24)15-33)14-32-21(12-17-8-6-5-7-9-17)22(27)26-19(23(28)29)10-11-34(3,30)31/h5-9,18-21,25,33H,2,4,10-15,24H2,1,3H3,(H,26,27)(H,28,29)/t18?,19-,20+,21-/m0/s1. The van der Waals surface area contributed by atoms with Crippen LogP contribution in [0.1, 0.15) is 25.3 Å². The van der Waals surface area contributed by atoms with Gasteiger partial charge >= 0.3 is 5.97 Å². The van der Waals surface area contributed by atoms with Gasteiger partial charge in [-0.15, -0.1) is 0 Å². The molecule has 0 aromatic heterocycles. The summed E-state index contributed by atoms with van der Waals surface area (Å²) < 4.78 is 28.9. The number of carboxylic acids is 1. The zero-order valence-corrected chi connectivity index (χ0v) is 21.5. The number of sulfone groups is 1. The van der Waals surface area contributed by atoms with Crippen LogP contribution in [-0.4, -0.2) is 80.5 Å². The van der Waals surface area contributed by atoms with Crippen molar-refractivity contribution in [3.63, 3.8) is 0 Å². The van der Waals surface area contributed by atoms with Gasteiger partial charge in [0.2, 0.25) is 5.91 Å². The molecule has 9 nitrogen and oxygen atoms in total. The molecule has 0 aliphatic heterocycles. The minimum absolute atomic E-state index is 0.123. The molecule has 1 rings (SSSR count). The van der Waals surface area contributed by atoms with E-state index in [4.69, 9.17) is 10.5 Å². The summed E-state index contributed by atoms with van der Waals surface area (Å²) in [7, 11) is -3.39. The smallest absolute Gasteiger partial charge is 0.326 e. The Morgan fingerprint density at radius 2 is 1.88 bits per heavy atom. The number of benzene rings is 1. The number of aliphatic carboxylic acids is 1. The molecule has 0 aliphatic carbocycles. The molecule has 34 heavy (non-hydrogen) atoms. The molecule has 0 heterocycles. The second kappa shape index (κ2) is 15.2. The van der Waals surface area contributed by atoms with Gasteiger partial charge in [0.05, 0.1) is 18.4 Å². The van der Waals surface area contributed by atoms with Gasteiger partial charge < -0.3 is 26.2 Å². The molecule has 0 spiro atoms. The Kier molecular flexibility index (Phi) is 13.4. The van der Waals surface area contributed by atoms with E-state index in [1.54, 1.807) is 0 Å². The van der Waals surface area contributed by atoms with Gasteiger partial charge in [-0.3, -0.25) is 4.79 Å². The van der Waals surface area contributed by atoms with Crippen LogP contribution in [0.25, 0.3) is 0 Å². The van der Waals surface area contributed by atoms with Gasteiger partial charge in [-0.05, 0) is 18.4 Å². The minimum Gasteiger partial charge on any atom is -0.480 e. The molecule has 0 saturated carbocycles. The molecule has 1 amide bonds. The van der Waals surface area contributed by atoms with Gasteiger partial charge in [0.25, 0.3) is 0 Å². The topological polar surface area (TPSA) is 148 Å². The van der Waals surface area contributed by atoms with Crippen LogP contribution in [0.15, 0.2) is 42.5 Å².